The maximum Gasteiger partial charge on any atom is 0.178 e. The third-order valence-corrected chi connectivity index (χ3v) is 4.62. The monoisotopic (exact) mass is 262 g/mol. The van der Waals surface area contributed by atoms with Gasteiger partial charge in [0.15, 0.2) is 5.78 Å². The van der Waals surface area contributed by atoms with Crippen molar-refractivity contribution in [2.45, 2.75) is 12.8 Å². The van der Waals surface area contributed by atoms with Crippen LogP contribution >= 0.6 is 22.9 Å². The number of hydrogen-bond acceptors (Lipinski definition) is 2. The standard InChI is InChI=1S/C14H11ClOS/c15-12-5-6-17-14(12)13(16)11-7-9-3-1-2-4-10(9)8-11/h1-6,11H,7-8H2. The van der Waals surface area contributed by atoms with Crippen LogP contribution in [0.15, 0.2) is 35.7 Å². The molecule has 1 aromatic carbocycles. The molecule has 0 fully saturated rings. The van der Waals surface area contributed by atoms with E-state index in [1.807, 2.05) is 17.5 Å². The maximum atomic E-state index is 12.3. The van der Waals surface area contributed by atoms with Crippen molar-refractivity contribution in [3.05, 3.63) is 56.7 Å². The lowest BCUT2D eigenvalue weighted by molar-refractivity contribution is 0.0929. The fourth-order valence-corrected chi connectivity index (χ4v) is 3.57. The van der Waals surface area contributed by atoms with E-state index in [1.165, 1.54) is 22.5 Å². The molecule has 1 aromatic heterocycles. The average Bonchev–Trinajstić information content (AvgIpc) is 2.93. The molecule has 3 heteroatoms. The van der Waals surface area contributed by atoms with E-state index in [0.29, 0.717) is 9.90 Å². The van der Waals surface area contributed by atoms with Gasteiger partial charge in [-0.15, -0.1) is 11.3 Å². The van der Waals surface area contributed by atoms with Crippen LogP contribution in [0.5, 0.6) is 0 Å². The second kappa shape index (κ2) is 4.28. The molecule has 0 saturated carbocycles. The first-order valence-electron chi connectivity index (χ1n) is 5.59. The van der Waals surface area contributed by atoms with E-state index in [2.05, 4.69) is 12.1 Å². The summed E-state index contributed by atoms with van der Waals surface area (Å²) in [5, 5.41) is 2.47. The maximum absolute atomic E-state index is 12.3. The largest absolute Gasteiger partial charge is 0.293 e. The van der Waals surface area contributed by atoms with Crippen LogP contribution in [-0.2, 0) is 12.8 Å². The predicted molar refractivity (Wildman–Crippen MR) is 71.0 cm³/mol. The van der Waals surface area contributed by atoms with E-state index in [4.69, 9.17) is 11.6 Å². The molecule has 1 aliphatic carbocycles. The Morgan fingerprint density at radius 3 is 2.35 bits per heavy atom. The number of halogens is 1. The van der Waals surface area contributed by atoms with Gasteiger partial charge in [0.05, 0.1) is 9.90 Å². The van der Waals surface area contributed by atoms with Crippen molar-refractivity contribution >= 4 is 28.7 Å². The molecule has 17 heavy (non-hydrogen) atoms. The number of carbonyl (C=O) groups excluding carboxylic acids is 1. The zero-order chi connectivity index (χ0) is 11.8. The van der Waals surface area contributed by atoms with Crippen LogP contribution in [0.25, 0.3) is 0 Å². The van der Waals surface area contributed by atoms with Crippen LogP contribution in [0.4, 0.5) is 0 Å². The molecule has 1 nitrogen and oxygen atoms in total. The van der Waals surface area contributed by atoms with Crippen molar-refractivity contribution in [2.24, 2.45) is 5.92 Å². The minimum atomic E-state index is 0.0727. The molecule has 0 atom stereocenters. The van der Waals surface area contributed by atoms with Crippen LogP contribution in [0.2, 0.25) is 5.02 Å². The van der Waals surface area contributed by atoms with E-state index in [-0.39, 0.29) is 11.7 Å². The van der Waals surface area contributed by atoms with Gasteiger partial charge in [-0.2, -0.15) is 0 Å². The van der Waals surface area contributed by atoms with Crippen LogP contribution < -0.4 is 0 Å². The highest BCUT2D eigenvalue weighted by Crippen LogP contribution is 2.32. The van der Waals surface area contributed by atoms with Gasteiger partial charge >= 0.3 is 0 Å². The summed E-state index contributed by atoms with van der Waals surface area (Å²) in [5.41, 5.74) is 2.61. The van der Waals surface area contributed by atoms with Gasteiger partial charge in [0.2, 0.25) is 0 Å². The Balaban J connectivity index is 1.86. The minimum Gasteiger partial charge on any atom is -0.293 e. The molecule has 0 aliphatic heterocycles. The molecule has 0 spiro atoms. The van der Waals surface area contributed by atoms with E-state index in [0.717, 1.165) is 12.8 Å². The van der Waals surface area contributed by atoms with Crippen molar-refractivity contribution in [2.75, 3.05) is 0 Å². The molecule has 0 amide bonds. The molecule has 86 valence electrons. The average molecular weight is 263 g/mol. The highest BCUT2D eigenvalue weighted by molar-refractivity contribution is 7.12. The number of carbonyl (C=O) groups is 1. The summed E-state index contributed by atoms with van der Waals surface area (Å²) >= 11 is 7.46. The highest BCUT2D eigenvalue weighted by atomic mass is 35.5. The summed E-state index contributed by atoms with van der Waals surface area (Å²) < 4.78 is 0. The lowest BCUT2D eigenvalue weighted by Gasteiger charge is -2.06. The Morgan fingerprint density at radius 1 is 1.18 bits per heavy atom. The number of benzene rings is 1. The zero-order valence-corrected chi connectivity index (χ0v) is 10.7. The van der Waals surface area contributed by atoms with Gasteiger partial charge in [0, 0.05) is 5.92 Å². The van der Waals surface area contributed by atoms with E-state index < -0.39 is 0 Å². The van der Waals surface area contributed by atoms with Crippen LogP contribution in [0, 0.1) is 5.92 Å². The van der Waals surface area contributed by atoms with Gasteiger partial charge in [-0.05, 0) is 35.4 Å². The van der Waals surface area contributed by atoms with Crippen molar-refractivity contribution in [1.29, 1.82) is 0 Å². The van der Waals surface area contributed by atoms with Crippen LogP contribution in [-0.4, -0.2) is 5.78 Å². The summed E-state index contributed by atoms with van der Waals surface area (Å²) in [5.74, 6) is 0.268. The minimum absolute atomic E-state index is 0.0727. The van der Waals surface area contributed by atoms with E-state index in [1.54, 1.807) is 6.07 Å². The number of ketones is 1. The summed E-state index contributed by atoms with van der Waals surface area (Å²) in [6.45, 7) is 0. The van der Waals surface area contributed by atoms with Gasteiger partial charge in [0.25, 0.3) is 0 Å². The Kier molecular flexibility index (Phi) is 2.77. The van der Waals surface area contributed by atoms with Crippen LogP contribution in [0.1, 0.15) is 20.8 Å². The molecule has 1 aliphatic rings. The van der Waals surface area contributed by atoms with E-state index in [9.17, 15) is 4.79 Å². The molecule has 3 rings (SSSR count). The second-order valence-electron chi connectivity index (χ2n) is 4.34. The SMILES string of the molecule is O=C(c1sccc1Cl)C1Cc2ccccc2C1. The number of rotatable bonds is 2. The topological polar surface area (TPSA) is 17.1 Å². The molecular weight excluding hydrogens is 252 g/mol. The second-order valence-corrected chi connectivity index (χ2v) is 5.66. The third-order valence-electron chi connectivity index (χ3n) is 3.26. The summed E-state index contributed by atoms with van der Waals surface area (Å²) in [4.78, 5) is 13.0. The third kappa shape index (κ3) is 1.92. The van der Waals surface area contributed by atoms with Gasteiger partial charge in [-0.25, -0.2) is 0 Å². The molecule has 1 heterocycles. The lowest BCUT2D eigenvalue weighted by atomic mass is 10.00. The van der Waals surface area contributed by atoms with Gasteiger partial charge in [-0.3, -0.25) is 4.79 Å². The zero-order valence-electron chi connectivity index (χ0n) is 9.15. The first-order valence-corrected chi connectivity index (χ1v) is 6.85. The highest BCUT2D eigenvalue weighted by Gasteiger charge is 2.29. The summed E-state index contributed by atoms with van der Waals surface area (Å²) in [6, 6.07) is 10.1. The van der Waals surface area contributed by atoms with Crippen molar-refractivity contribution < 1.29 is 4.79 Å². The molecular formula is C14H11ClOS. The van der Waals surface area contributed by atoms with Gasteiger partial charge in [0.1, 0.15) is 0 Å². The number of Topliss-reactive ketones (excluding diaryl/α,β-unsaturated/α-hetero) is 1. The van der Waals surface area contributed by atoms with Crippen molar-refractivity contribution in [3.8, 4) is 0 Å². The molecule has 0 saturated heterocycles. The predicted octanol–water partition coefficient (Wildman–Crippen LogP) is 4.00. The first-order chi connectivity index (χ1) is 8.25. The molecule has 0 unspecified atom stereocenters. The van der Waals surface area contributed by atoms with Gasteiger partial charge < -0.3 is 0 Å². The molecule has 2 aromatic rings. The van der Waals surface area contributed by atoms with Crippen molar-refractivity contribution in [3.63, 3.8) is 0 Å². The molecule has 0 bridgehead atoms. The lowest BCUT2D eigenvalue weighted by Crippen LogP contribution is -2.13. The fraction of sp³-hybridized carbons (Fsp3) is 0.214. The number of thiophene rings is 1. The Morgan fingerprint density at radius 2 is 1.82 bits per heavy atom. The summed E-state index contributed by atoms with van der Waals surface area (Å²) in [7, 11) is 0. The quantitative estimate of drug-likeness (QED) is 0.748. The molecule has 0 N–H and O–H groups in total. The fourth-order valence-electron chi connectivity index (χ4n) is 2.40. The normalized spacial score (nSPS) is 14.9. The first kappa shape index (κ1) is 11.0. The Bertz CT molecular complexity index is 548. The smallest absolute Gasteiger partial charge is 0.178 e. The van der Waals surface area contributed by atoms with E-state index >= 15 is 0 Å². The van der Waals surface area contributed by atoms with Crippen molar-refractivity contribution in [1.82, 2.24) is 0 Å². The Labute approximate surface area is 109 Å². The van der Waals surface area contributed by atoms with Gasteiger partial charge in [-0.1, -0.05) is 35.9 Å². The molecule has 0 radical (unpaired) electrons. The summed E-state index contributed by atoms with van der Waals surface area (Å²) in [6.07, 6.45) is 1.70. The van der Waals surface area contributed by atoms with Crippen LogP contribution in [0.3, 0.4) is 0 Å². The Hall–Kier alpha value is -1.12. The number of fused-ring (bicyclic) bond motifs is 1. The number of hydrogen-bond donors (Lipinski definition) is 0.